The summed E-state index contributed by atoms with van der Waals surface area (Å²) in [5, 5.41) is 13.7. The van der Waals surface area contributed by atoms with Crippen LogP contribution in [0.4, 0.5) is 0 Å². The molecule has 0 saturated heterocycles. The summed E-state index contributed by atoms with van der Waals surface area (Å²) in [6.45, 7) is 1.74. The predicted octanol–water partition coefficient (Wildman–Crippen LogP) is 2.71. The van der Waals surface area contributed by atoms with Crippen LogP contribution in [0, 0.1) is 5.92 Å². The topological polar surface area (TPSA) is 105 Å². The number of nitrogens with zero attached hydrogens (tertiary/aromatic N) is 3. The zero-order chi connectivity index (χ0) is 16.7. The van der Waals surface area contributed by atoms with E-state index in [1.807, 2.05) is 30.3 Å². The Balaban J connectivity index is 2.09. The molecule has 1 aromatic rings. The second-order valence-electron chi connectivity index (χ2n) is 5.37. The average molecular weight is 317 g/mol. The second kappa shape index (κ2) is 8.33. The van der Waals surface area contributed by atoms with Gasteiger partial charge in [0.15, 0.2) is 0 Å². The van der Waals surface area contributed by atoms with E-state index in [9.17, 15) is 9.90 Å². The van der Waals surface area contributed by atoms with Gasteiger partial charge >= 0.3 is 0 Å². The highest BCUT2D eigenvalue weighted by atomic mass is 16.7. The van der Waals surface area contributed by atoms with Crippen molar-refractivity contribution in [3.8, 4) is 0 Å². The van der Waals surface area contributed by atoms with Crippen LogP contribution in [-0.2, 0) is 20.9 Å². The van der Waals surface area contributed by atoms with Gasteiger partial charge in [-0.15, -0.1) is 0 Å². The van der Waals surface area contributed by atoms with E-state index in [0.29, 0.717) is 12.4 Å². The maximum atomic E-state index is 11.4. The van der Waals surface area contributed by atoms with Crippen molar-refractivity contribution in [2.75, 3.05) is 6.54 Å². The molecule has 0 fully saturated rings. The molecule has 122 valence electrons. The monoisotopic (exact) mass is 317 g/mol. The molecular weight excluding hydrogens is 298 g/mol. The number of ketones is 1. The van der Waals surface area contributed by atoms with Gasteiger partial charge in [0.1, 0.15) is 11.5 Å². The van der Waals surface area contributed by atoms with Gasteiger partial charge in [-0.05, 0) is 24.1 Å². The summed E-state index contributed by atoms with van der Waals surface area (Å²) in [6, 6.07) is 9.53. The Hall–Kier alpha value is -2.34. The molecule has 3 atom stereocenters. The minimum Gasteiger partial charge on any atom is -0.469 e. The van der Waals surface area contributed by atoms with Crippen molar-refractivity contribution in [1.29, 1.82) is 0 Å². The van der Waals surface area contributed by atoms with Crippen molar-refractivity contribution < 1.29 is 19.4 Å². The number of rotatable bonds is 7. The molecular formula is C16H19N3O4. The number of carbonyl (C=O) groups is 1. The van der Waals surface area contributed by atoms with Gasteiger partial charge < -0.3 is 19.4 Å². The van der Waals surface area contributed by atoms with Gasteiger partial charge in [-0.3, -0.25) is 0 Å². The molecule has 0 bridgehead atoms. The van der Waals surface area contributed by atoms with Crippen LogP contribution in [0.3, 0.4) is 0 Å². The van der Waals surface area contributed by atoms with E-state index in [-0.39, 0.29) is 18.7 Å². The lowest BCUT2D eigenvalue weighted by Gasteiger charge is -2.34. The van der Waals surface area contributed by atoms with E-state index in [1.54, 1.807) is 0 Å². The number of carbonyl (C=O) groups excluding carboxylic acids is 1. The van der Waals surface area contributed by atoms with Crippen molar-refractivity contribution in [3.05, 3.63) is 58.2 Å². The van der Waals surface area contributed by atoms with Crippen molar-refractivity contribution in [1.82, 2.24) is 0 Å². The first kappa shape index (κ1) is 17.0. The molecule has 0 radical (unpaired) electrons. The molecule has 1 aromatic carbocycles. The molecule has 0 aromatic heterocycles. The molecule has 0 saturated carbocycles. The van der Waals surface area contributed by atoms with Crippen molar-refractivity contribution in [2.24, 2.45) is 11.0 Å². The van der Waals surface area contributed by atoms with Crippen LogP contribution in [0.15, 0.2) is 47.3 Å². The van der Waals surface area contributed by atoms with Gasteiger partial charge in [-0.1, -0.05) is 35.4 Å². The van der Waals surface area contributed by atoms with Gasteiger partial charge in [0.2, 0.25) is 6.29 Å². The number of hydrogen-bond donors (Lipinski definition) is 1. The third-order valence-electron chi connectivity index (χ3n) is 3.48. The molecule has 0 aliphatic carbocycles. The molecule has 1 aliphatic rings. The van der Waals surface area contributed by atoms with E-state index < -0.39 is 18.3 Å². The minimum atomic E-state index is -0.891. The standard InChI is InChI=1S/C16H19N3O4/c1-11(20)7-14-15(21)8-13(9-18-19-17)23-16(14)22-10-12-5-3-2-4-6-12/h2-6,8,14-16,21H,7,9-10H2,1H3/t14-,15+,16+/m1/s1. The predicted molar refractivity (Wildman–Crippen MR) is 83.0 cm³/mol. The molecule has 2 rings (SSSR count). The third kappa shape index (κ3) is 5.10. The zero-order valence-corrected chi connectivity index (χ0v) is 12.8. The van der Waals surface area contributed by atoms with Gasteiger partial charge in [-0.25, -0.2) is 0 Å². The first-order chi connectivity index (χ1) is 11.1. The van der Waals surface area contributed by atoms with Crippen molar-refractivity contribution in [3.63, 3.8) is 0 Å². The summed E-state index contributed by atoms with van der Waals surface area (Å²) < 4.78 is 11.4. The summed E-state index contributed by atoms with van der Waals surface area (Å²) in [7, 11) is 0. The molecule has 1 aliphatic heterocycles. The molecule has 1 N–H and O–H groups in total. The van der Waals surface area contributed by atoms with Crippen LogP contribution < -0.4 is 0 Å². The third-order valence-corrected chi connectivity index (χ3v) is 3.48. The molecule has 0 unspecified atom stereocenters. The fraction of sp³-hybridized carbons (Fsp3) is 0.438. The fourth-order valence-corrected chi connectivity index (χ4v) is 2.40. The SMILES string of the molecule is CC(=O)C[C@H]1[C@@H](OCc2ccccc2)OC(CN=[N+]=[N-])=C[C@@H]1O. The largest absolute Gasteiger partial charge is 0.469 e. The van der Waals surface area contributed by atoms with Gasteiger partial charge in [0, 0.05) is 11.3 Å². The highest BCUT2D eigenvalue weighted by molar-refractivity contribution is 5.75. The lowest BCUT2D eigenvalue weighted by atomic mass is 9.93. The van der Waals surface area contributed by atoms with Gasteiger partial charge in [0.05, 0.1) is 25.2 Å². The summed E-state index contributed by atoms with van der Waals surface area (Å²) in [6.07, 6.45) is -0.0587. The van der Waals surface area contributed by atoms with Gasteiger partial charge in [-0.2, -0.15) is 0 Å². The van der Waals surface area contributed by atoms with Crippen LogP contribution in [-0.4, -0.2) is 29.8 Å². The summed E-state index contributed by atoms with van der Waals surface area (Å²) in [5.41, 5.74) is 9.35. The summed E-state index contributed by atoms with van der Waals surface area (Å²) >= 11 is 0. The van der Waals surface area contributed by atoms with Gasteiger partial charge in [0.25, 0.3) is 0 Å². The van der Waals surface area contributed by atoms with Crippen LogP contribution in [0.1, 0.15) is 18.9 Å². The normalized spacial score (nSPS) is 23.4. The Morgan fingerprint density at radius 2 is 2.17 bits per heavy atom. The van der Waals surface area contributed by atoms with E-state index in [0.717, 1.165) is 5.56 Å². The lowest BCUT2D eigenvalue weighted by molar-refractivity contribution is -0.185. The zero-order valence-electron chi connectivity index (χ0n) is 12.8. The molecule has 23 heavy (non-hydrogen) atoms. The minimum absolute atomic E-state index is 0.00838. The smallest absolute Gasteiger partial charge is 0.205 e. The Morgan fingerprint density at radius 1 is 1.43 bits per heavy atom. The van der Waals surface area contributed by atoms with Crippen LogP contribution in [0.5, 0.6) is 0 Å². The quantitative estimate of drug-likeness (QED) is 0.474. The number of hydrogen-bond acceptors (Lipinski definition) is 5. The van der Waals surface area contributed by atoms with E-state index in [1.165, 1.54) is 13.0 Å². The maximum Gasteiger partial charge on any atom is 0.205 e. The fourth-order valence-electron chi connectivity index (χ4n) is 2.40. The van der Waals surface area contributed by atoms with Crippen molar-refractivity contribution >= 4 is 5.78 Å². The first-order valence-corrected chi connectivity index (χ1v) is 7.31. The molecule has 7 heteroatoms. The first-order valence-electron chi connectivity index (χ1n) is 7.31. The Morgan fingerprint density at radius 3 is 2.83 bits per heavy atom. The number of aliphatic hydroxyl groups is 1. The number of azide groups is 1. The highest BCUT2D eigenvalue weighted by Crippen LogP contribution is 2.28. The maximum absolute atomic E-state index is 11.4. The number of aliphatic hydroxyl groups excluding tert-OH is 1. The van der Waals surface area contributed by atoms with E-state index in [4.69, 9.17) is 15.0 Å². The lowest BCUT2D eigenvalue weighted by Crippen LogP contribution is -2.40. The Kier molecular flexibility index (Phi) is 6.17. The molecule has 0 spiro atoms. The second-order valence-corrected chi connectivity index (χ2v) is 5.37. The Bertz CT molecular complexity index is 611. The van der Waals surface area contributed by atoms with Crippen LogP contribution in [0.25, 0.3) is 10.4 Å². The average Bonchev–Trinajstić information content (AvgIpc) is 2.54. The molecule has 1 heterocycles. The van der Waals surface area contributed by atoms with Crippen LogP contribution in [0.2, 0.25) is 0 Å². The molecule has 7 nitrogen and oxygen atoms in total. The number of ether oxygens (including phenoxy) is 2. The Labute approximate surface area is 134 Å². The van der Waals surface area contributed by atoms with E-state index in [2.05, 4.69) is 10.0 Å². The number of Topliss-reactive ketones (excluding diaryl/α,β-unsaturated/α-hetero) is 1. The highest BCUT2D eigenvalue weighted by Gasteiger charge is 2.35. The van der Waals surface area contributed by atoms with E-state index >= 15 is 0 Å². The van der Waals surface area contributed by atoms with Crippen LogP contribution >= 0.6 is 0 Å². The summed E-state index contributed by atoms with van der Waals surface area (Å²) in [5.74, 6) is -0.211. The molecule has 0 amide bonds. The number of benzene rings is 1. The van der Waals surface area contributed by atoms with Crippen molar-refractivity contribution in [2.45, 2.75) is 32.3 Å². The summed E-state index contributed by atoms with van der Waals surface area (Å²) in [4.78, 5) is 14.1.